The van der Waals surface area contributed by atoms with Gasteiger partial charge in [-0.05, 0) is 75.7 Å². The quantitative estimate of drug-likeness (QED) is 0.443. The fourth-order valence-electron chi connectivity index (χ4n) is 2.37. The Morgan fingerprint density at radius 1 is 1.11 bits per heavy atom. The van der Waals surface area contributed by atoms with Gasteiger partial charge in [0, 0.05) is 23.0 Å². The first-order valence-electron chi connectivity index (χ1n) is 8.70. The topological polar surface area (TPSA) is 51.4 Å². The van der Waals surface area contributed by atoms with Gasteiger partial charge in [0.25, 0.3) is 0 Å². The van der Waals surface area contributed by atoms with Gasteiger partial charge in [0.05, 0.1) is 17.6 Å². The summed E-state index contributed by atoms with van der Waals surface area (Å²) in [6, 6.07) is 15.2. The highest BCUT2D eigenvalue weighted by atomic mass is 35.5. The van der Waals surface area contributed by atoms with Crippen LogP contribution in [0.1, 0.15) is 26.3 Å². The zero-order chi connectivity index (χ0) is 19.4. The Balaban J connectivity index is 1.69. The molecule has 0 unspecified atom stereocenters. The Bertz CT molecular complexity index is 940. The lowest BCUT2D eigenvalue weighted by atomic mass is 10.1. The molecule has 0 aliphatic heterocycles. The van der Waals surface area contributed by atoms with Crippen LogP contribution >= 0.6 is 11.6 Å². The summed E-state index contributed by atoms with van der Waals surface area (Å²) in [5.41, 5.74) is 2.78. The van der Waals surface area contributed by atoms with Gasteiger partial charge >= 0.3 is 0 Å². The number of hydrogen-bond donors (Lipinski definition) is 1. The number of aliphatic imine (C=N–C) groups is 1. The number of anilines is 1. The number of hydrogen-bond acceptors (Lipinski definition) is 3. The fraction of sp³-hybridized carbons (Fsp3) is 0.238. The summed E-state index contributed by atoms with van der Waals surface area (Å²) >= 11 is 5.93. The van der Waals surface area contributed by atoms with E-state index in [-0.39, 0.29) is 5.54 Å². The second-order valence-electron chi connectivity index (χ2n) is 7.23. The summed E-state index contributed by atoms with van der Waals surface area (Å²) in [4.78, 5) is 4.42. The van der Waals surface area contributed by atoms with Gasteiger partial charge in [-0.1, -0.05) is 11.6 Å². The van der Waals surface area contributed by atoms with Crippen molar-refractivity contribution >= 4 is 23.6 Å². The number of nitrogens with one attached hydrogen (secondary N) is 1. The molecule has 0 saturated heterocycles. The SMILES string of the molecule is Cc1cc(NC=NC(C)(C)C)ccc1Oc1ccn(-c2ccc(Cl)cc2)n1. The number of halogens is 1. The van der Waals surface area contributed by atoms with Crippen LogP contribution in [0.2, 0.25) is 5.02 Å². The molecular formula is C21H23ClN4O. The van der Waals surface area contributed by atoms with E-state index in [0.717, 1.165) is 22.7 Å². The van der Waals surface area contributed by atoms with Gasteiger partial charge in [0.15, 0.2) is 0 Å². The maximum absolute atomic E-state index is 5.93. The van der Waals surface area contributed by atoms with E-state index in [4.69, 9.17) is 16.3 Å². The van der Waals surface area contributed by atoms with Crippen molar-refractivity contribution in [2.45, 2.75) is 33.2 Å². The van der Waals surface area contributed by atoms with Gasteiger partial charge < -0.3 is 10.1 Å². The van der Waals surface area contributed by atoms with E-state index in [2.05, 4.69) is 36.2 Å². The number of aromatic nitrogens is 2. The first-order chi connectivity index (χ1) is 12.8. The fourth-order valence-corrected chi connectivity index (χ4v) is 2.49. The summed E-state index contributed by atoms with van der Waals surface area (Å²) in [6.07, 6.45) is 3.58. The molecule has 0 aliphatic carbocycles. The number of nitrogens with zero attached hydrogens (tertiary/aromatic N) is 3. The van der Waals surface area contributed by atoms with Crippen LogP contribution in [-0.2, 0) is 0 Å². The number of rotatable bonds is 5. The third-order valence-corrected chi connectivity index (χ3v) is 3.98. The molecule has 140 valence electrons. The van der Waals surface area contributed by atoms with Crippen molar-refractivity contribution < 1.29 is 4.74 Å². The average Bonchev–Trinajstić information content (AvgIpc) is 3.05. The summed E-state index contributed by atoms with van der Waals surface area (Å²) in [6.45, 7) is 8.15. The van der Waals surface area contributed by atoms with Crippen LogP contribution in [0.3, 0.4) is 0 Å². The van der Waals surface area contributed by atoms with E-state index in [1.807, 2.05) is 61.7 Å². The van der Waals surface area contributed by atoms with Gasteiger partial charge in [-0.3, -0.25) is 4.99 Å². The summed E-state index contributed by atoms with van der Waals surface area (Å²) in [5.74, 6) is 1.29. The lowest BCUT2D eigenvalue weighted by Crippen LogP contribution is -2.11. The normalized spacial score (nSPS) is 11.7. The minimum Gasteiger partial charge on any atom is -0.437 e. The molecule has 1 heterocycles. The van der Waals surface area contributed by atoms with Crippen LogP contribution in [0.15, 0.2) is 59.7 Å². The van der Waals surface area contributed by atoms with Gasteiger partial charge in [0.1, 0.15) is 5.75 Å². The van der Waals surface area contributed by atoms with E-state index >= 15 is 0 Å². The summed E-state index contributed by atoms with van der Waals surface area (Å²) in [7, 11) is 0. The minimum atomic E-state index is -0.103. The Kier molecular flexibility index (Phi) is 5.51. The van der Waals surface area contributed by atoms with Crippen LogP contribution < -0.4 is 10.1 Å². The third-order valence-electron chi connectivity index (χ3n) is 3.73. The van der Waals surface area contributed by atoms with Crippen molar-refractivity contribution in [2.24, 2.45) is 4.99 Å². The molecule has 1 N–H and O–H groups in total. The Morgan fingerprint density at radius 3 is 2.52 bits per heavy atom. The van der Waals surface area contributed by atoms with Crippen LogP contribution in [0.5, 0.6) is 11.6 Å². The lowest BCUT2D eigenvalue weighted by molar-refractivity contribution is 0.454. The first kappa shape index (κ1) is 19.0. The Labute approximate surface area is 164 Å². The van der Waals surface area contributed by atoms with Crippen molar-refractivity contribution in [3.8, 4) is 17.3 Å². The maximum atomic E-state index is 5.93. The molecule has 0 bridgehead atoms. The van der Waals surface area contributed by atoms with Crippen LogP contribution in [-0.4, -0.2) is 21.7 Å². The molecule has 0 fully saturated rings. The predicted molar refractivity (Wildman–Crippen MR) is 112 cm³/mol. The van der Waals surface area contributed by atoms with E-state index < -0.39 is 0 Å². The van der Waals surface area contributed by atoms with E-state index in [1.54, 1.807) is 11.0 Å². The molecule has 0 spiro atoms. The van der Waals surface area contributed by atoms with Crippen LogP contribution in [0, 0.1) is 6.92 Å². The highest BCUT2D eigenvalue weighted by molar-refractivity contribution is 6.30. The molecule has 3 rings (SSSR count). The molecule has 1 aromatic heterocycles. The molecule has 6 heteroatoms. The second-order valence-corrected chi connectivity index (χ2v) is 7.67. The highest BCUT2D eigenvalue weighted by Crippen LogP contribution is 2.27. The van der Waals surface area contributed by atoms with Crippen molar-refractivity contribution in [1.29, 1.82) is 0 Å². The van der Waals surface area contributed by atoms with Crippen LogP contribution in [0.25, 0.3) is 5.69 Å². The average molecular weight is 383 g/mol. The van der Waals surface area contributed by atoms with Crippen LogP contribution in [0.4, 0.5) is 5.69 Å². The van der Waals surface area contributed by atoms with Crippen molar-refractivity contribution in [3.63, 3.8) is 0 Å². The maximum Gasteiger partial charge on any atom is 0.238 e. The predicted octanol–water partition coefficient (Wildman–Crippen LogP) is 5.87. The second kappa shape index (κ2) is 7.84. The minimum absolute atomic E-state index is 0.103. The monoisotopic (exact) mass is 382 g/mol. The van der Waals surface area contributed by atoms with Gasteiger partial charge in [0.2, 0.25) is 5.88 Å². The third kappa shape index (κ3) is 5.34. The van der Waals surface area contributed by atoms with E-state index in [1.165, 1.54) is 0 Å². The largest absolute Gasteiger partial charge is 0.437 e. The molecule has 0 radical (unpaired) electrons. The van der Waals surface area contributed by atoms with Gasteiger partial charge in [-0.25, -0.2) is 4.68 Å². The zero-order valence-corrected chi connectivity index (χ0v) is 16.7. The smallest absolute Gasteiger partial charge is 0.238 e. The molecule has 0 amide bonds. The Hall–Kier alpha value is -2.79. The molecule has 2 aromatic carbocycles. The summed E-state index contributed by atoms with van der Waals surface area (Å²) < 4.78 is 7.68. The number of benzene rings is 2. The lowest BCUT2D eigenvalue weighted by Gasteiger charge is -2.12. The van der Waals surface area contributed by atoms with Crippen molar-refractivity contribution in [1.82, 2.24) is 9.78 Å². The molecule has 27 heavy (non-hydrogen) atoms. The van der Waals surface area contributed by atoms with E-state index in [0.29, 0.717) is 10.9 Å². The molecular weight excluding hydrogens is 360 g/mol. The molecule has 0 aliphatic rings. The summed E-state index contributed by atoms with van der Waals surface area (Å²) in [5, 5.41) is 8.34. The molecule has 0 saturated carbocycles. The van der Waals surface area contributed by atoms with Crippen molar-refractivity contribution in [2.75, 3.05) is 5.32 Å². The Morgan fingerprint density at radius 2 is 1.85 bits per heavy atom. The van der Waals surface area contributed by atoms with Crippen molar-refractivity contribution in [3.05, 3.63) is 65.3 Å². The highest BCUT2D eigenvalue weighted by Gasteiger charge is 2.07. The molecule has 0 atom stereocenters. The van der Waals surface area contributed by atoms with Gasteiger partial charge in [-0.15, -0.1) is 5.10 Å². The van der Waals surface area contributed by atoms with E-state index in [9.17, 15) is 0 Å². The molecule has 5 nitrogen and oxygen atoms in total. The zero-order valence-electron chi connectivity index (χ0n) is 15.9. The number of ether oxygens (including phenoxy) is 1. The molecule has 3 aromatic rings. The standard InChI is InChI=1S/C21H23ClN4O/c1-15-13-17(23-14-24-21(2,3)4)7-10-19(15)27-20-11-12-26(25-20)18-8-5-16(22)6-9-18/h5-14H,1-4H3,(H,23,24). The first-order valence-corrected chi connectivity index (χ1v) is 9.08. The number of aryl methyl sites for hydroxylation is 1. The van der Waals surface area contributed by atoms with Gasteiger partial charge in [-0.2, -0.15) is 0 Å².